The van der Waals surface area contributed by atoms with Crippen molar-refractivity contribution in [3.8, 4) is 5.75 Å². The van der Waals surface area contributed by atoms with Gasteiger partial charge in [0.15, 0.2) is 11.6 Å². The molecular weight excluding hydrogens is 361 g/mol. The molecule has 0 aliphatic rings. The Hall–Kier alpha value is -1.59. The summed E-state index contributed by atoms with van der Waals surface area (Å²) in [5.41, 5.74) is 0.775. The summed E-state index contributed by atoms with van der Waals surface area (Å²) in [7, 11) is 1.38. The second-order valence-electron chi connectivity index (χ2n) is 3.98. The van der Waals surface area contributed by atoms with Crippen LogP contribution in [0.3, 0.4) is 0 Å². The van der Waals surface area contributed by atoms with Crippen LogP contribution in [0.2, 0.25) is 0 Å². The second-order valence-corrected chi connectivity index (χ2v) is 5.29. The van der Waals surface area contributed by atoms with Crippen LogP contribution < -0.4 is 10.1 Å². The number of ether oxygens (including phenoxy) is 1. The molecule has 21 heavy (non-hydrogen) atoms. The molecule has 0 aliphatic heterocycles. The van der Waals surface area contributed by atoms with E-state index in [1.165, 1.54) is 25.3 Å². The molecule has 0 spiro atoms. The summed E-state index contributed by atoms with van der Waals surface area (Å²) in [6.45, 7) is 7.22. The van der Waals surface area contributed by atoms with Crippen LogP contribution in [-0.4, -0.2) is 13.0 Å². The molecule has 0 bridgehead atoms. The van der Waals surface area contributed by atoms with Crippen LogP contribution in [0.25, 0.3) is 0 Å². The first-order valence-corrected chi connectivity index (χ1v) is 7.05. The molecule has 112 valence electrons. The largest absolute Gasteiger partial charge is 0.494 e. The van der Waals surface area contributed by atoms with Crippen molar-refractivity contribution in [3.05, 3.63) is 63.9 Å². The van der Waals surface area contributed by atoms with Crippen molar-refractivity contribution in [3.63, 3.8) is 0 Å². The summed E-state index contributed by atoms with van der Waals surface area (Å²) < 4.78 is 18.8. The summed E-state index contributed by atoms with van der Waals surface area (Å²) in [6, 6.07) is 4.44. The molecule has 1 N–H and O–H groups in total. The first-order chi connectivity index (χ1) is 9.90. The minimum Gasteiger partial charge on any atom is -0.494 e. The van der Waals surface area contributed by atoms with Gasteiger partial charge in [-0.1, -0.05) is 36.9 Å². The SMILES string of the molecule is C=C/C(Br)=C(\C(=C)Cl)C(=O)NCc1ccc(OC)c(F)c1. The monoisotopic (exact) mass is 373 g/mol. The van der Waals surface area contributed by atoms with Gasteiger partial charge < -0.3 is 10.1 Å². The zero-order chi connectivity index (χ0) is 16.0. The second kappa shape index (κ2) is 8.00. The summed E-state index contributed by atoms with van der Waals surface area (Å²) in [4.78, 5) is 12.1. The number of carbonyl (C=O) groups is 1. The van der Waals surface area contributed by atoms with Crippen LogP contribution in [-0.2, 0) is 11.3 Å². The van der Waals surface area contributed by atoms with Crippen molar-refractivity contribution in [1.82, 2.24) is 5.32 Å². The number of nitrogens with one attached hydrogen (secondary N) is 1. The Morgan fingerprint density at radius 3 is 2.71 bits per heavy atom. The van der Waals surface area contributed by atoms with Crippen molar-refractivity contribution in [2.75, 3.05) is 7.11 Å². The van der Waals surface area contributed by atoms with Crippen LogP contribution in [0.4, 0.5) is 4.39 Å². The van der Waals surface area contributed by atoms with E-state index < -0.39 is 11.7 Å². The van der Waals surface area contributed by atoms with Crippen LogP contribution in [0.15, 0.2) is 52.5 Å². The molecule has 1 rings (SSSR count). The third-order valence-electron chi connectivity index (χ3n) is 2.59. The summed E-state index contributed by atoms with van der Waals surface area (Å²) in [5.74, 6) is -0.777. The average molecular weight is 375 g/mol. The van der Waals surface area contributed by atoms with Crippen molar-refractivity contribution >= 4 is 33.4 Å². The molecular formula is C15H14BrClFNO2. The first kappa shape index (κ1) is 17.5. The van der Waals surface area contributed by atoms with Gasteiger partial charge in [0, 0.05) is 16.1 Å². The minimum absolute atomic E-state index is 0.0835. The summed E-state index contributed by atoms with van der Waals surface area (Å²) >= 11 is 8.97. The van der Waals surface area contributed by atoms with E-state index in [2.05, 4.69) is 34.4 Å². The zero-order valence-corrected chi connectivity index (χ0v) is 13.7. The maximum Gasteiger partial charge on any atom is 0.254 e. The van der Waals surface area contributed by atoms with Gasteiger partial charge in [0.2, 0.25) is 0 Å². The number of hydrogen-bond acceptors (Lipinski definition) is 2. The summed E-state index contributed by atoms with van der Waals surface area (Å²) in [5, 5.41) is 2.72. The Labute approximate surface area is 136 Å². The quantitative estimate of drug-likeness (QED) is 0.603. The lowest BCUT2D eigenvalue weighted by molar-refractivity contribution is -0.117. The predicted molar refractivity (Wildman–Crippen MR) is 85.9 cm³/mol. The third kappa shape index (κ3) is 4.72. The van der Waals surface area contributed by atoms with Crippen LogP contribution >= 0.6 is 27.5 Å². The van der Waals surface area contributed by atoms with Gasteiger partial charge >= 0.3 is 0 Å². The summed E-state index contributed by atoms with van der Waals surface area (Å²) in [6.07, 6.45) is 1.44. The third-order valence-corrected chi connectivity index (χ3v) is 3.49. The highest BCUT2D eigenvalue weighted by atomic mass is 79.9. The molecule has 1 amide bonds. The van der Waals surface area contributed by atoms with Crippen LogP contribution in [0.5, 0.6) is 5.75 Å². The van der Waals surface area contributed by atoms with E-state index in [0.717, 1.165) is 0 Å². The molecule has 6 heteroatoms. The molecule has 0 aliphatic carbocycles. The smallest absolute Gasteiger partial charge is 0.254 e. The topological polar surface area (TPSA) is 38.3 Å². The van der Waals surface area contributed by atoms with Gasteiger partial charge in [-0.25, -0.2) is 4.39 Å². The Balaban J connectivity index is 2.83. The van der Waals surface area contributed by atoms with Crippen molar-refractivity contribution < 1.29 is 13.9 Å². The molecule has 0 unspecified atom stereocenters. The number of allylic oxidation sites excluding steroid dienone is 2. The van der Waals surface area contributed by atoms with E-state index in [0.29, 0.717) is 10.0 Å². The van der Waals surface area contributed by atoms with E-state index in [-0.39, 0.29) is 22.9 Å². The lowest BCUT2D eigenvalue weighted by Gasteiger charge is -2.10. The average Bonchev–Trinajstić information content (AvgIpc) is 2.44. The standard InChI is InChI=1S/C15H14BrClFNO2/c1-4-11(16)14(9(2)17)15(20)19-8-10-5-6-13(21-3)12(18)7-10/h4-7H,1-2,8H2,3H3,(H,19,20)/b14-11-. The van der Waals surface area contributed by atoms with Gasteiger partial charge in [0.25, 0.3) is 5.91 Å². The maximum atomic E-state index is 13.5. The fraction of sp³-hybridized carbons (Fsp3) is 0.133. The number of rotatable bonds is 6. The van der Waals surface area contributed by atoms with E-state index in [1.54, 1.807) is 6.07 Å². The Morgan fingerprint density at radius 1 is 1.57 bits per heavy atom. The highest BCUT2D eigenvalue weighted by Crippen LogP contribution is 2.23. The number of halogens is 3. The molecule has 0 saturated carbocycles. The van der Waals surface area contributed by atoms with Crippen LogP contribution in [0, 0.1) is 5.82 Å². The van der Waals surface area contributed by atoms with Gasteiger partial charge in [-0.05, 0) is 33.6 Å². The molecule has 0 fully saturated rings. The van der Waals surface area contributed by atoms with Crippen LogP contribution in [0.1, 0.15) is 5.56 Å². The van der Waals surface area contributed by atoms with E-state index in [9.17, 15) is 9.18 Å². The molecule has 1 aromatic rings. The van der Waals surface area contributed by atoms with E-state index in [1.807, 2.05) is 0 Å². The fourth-order valence-corrected chi connectivity index (χ4v) is 2.27. The lowest BCUT2D eigenvalue weighted by atomic mass is 10.2. The van der Waals surface area contributed by atoms with Gasteiger partial charge in [-0.15, -0.1) is 0 Å². The normalized spacial score (nSPS) is 11.4. The Bertz CT molecular complexity index is 614. The molecule has 0 saturated heterocycles. The van der Waals surface area contributed by atoms with E-state index >= 15 is 0 Å². The van der Waals surface area contributed by atoms with Crippen molar-refractivity contribution in [1.29, 1.82) is 0 Å². The Morgan fingerprint density at radius 2 is 2.24 bits per heavy atom. The lowest BCUT2D eigenvalue weighted by Crippen LogP contribution is -2.25. The van der Waals surface area contributed by atoms with Crippen molar-refractivity contribution in [2.24, 2.45) is 0 Å². The molecule has 0 atom stereocenters. The first-order valence-electron chi connectivity index (χ1n) is 5.88. The highest BCUT2D eigenvalue weighted by Gasteiger charge is 2.15. The molecule has 3 nitrogen and oxygen atoms in total. The number of carbonyl (C=O) groups excluding carboxylic acids is 1. The number of hydrogen-bond donors (Lipinski definition) is 1. The van der Waals surface area contributed by atoms with Gasteiger partial charge in [0.05, 0.1) is 12.7 Å². The van der Waals surface area contributed by atoms with Gasteiger partial charge in [-0.2, -0.15) is 0 Å². The molecule has 0 heterocycles. The molecule has 0 aromatic heterocycles. The highest BCUT2D eigenvalue weighted by molar-refractivity contribution is 9.12. The molecule has 0 radical (unpaired) electrons. The van der Waals surface area contributed by atoms with E-state index in [4.69, 9.17) is 16.3 Å². The van der Waals surface area contributed by atoms with Crippen molar-refractivity contribution in [2.45, 2.75) is 6.54 Å². The Kier molecular flexibility index (Phi) is 6.65. The number of methoxy groups -OCH3 is 1. The van der Waals surface area contributed by atoms with Gasteiger partial charge in [-0.3, -0.25) is 4.79 Å². The fourth-order valence-electron chi connectivity index (χ4n) is 1.55. The number of amides is 1. The number of benzene rings is 1. The predicted octanol–water partition coefficient (Wildman–Crippen LogP) is 4.04. The zero-order valence-electron chi connectivity index (χ0n) is 11.4. The molecule has 1 aromatic carbocycles. The van der Waals surface area contributed by atoms with Gasteiger partial charge in [0.1, 0.15) is 0 Å². The maximum absolute atomic E-state index is 13.5. The minimum atomic E-state index is -0.492.